The zero-order valence-electron chi connectivity index (χ0n) is 27.6. The Morgan fingerprint density at radius 2 is 0.843 bits per heavy atom. The van der Waals surface area contributed by atoms with Crippen molar-refractivity contribution in [3.63, 3.8) is 0 Å². The minimum Gasteiger partial charge on any atom is -0.245 e. The van der Waals surface area contributed by atoms with E-state index in [4.69, 9.17) is 15.1 Å². The van der Waals surface area contributed by atoms with Gasteiger partial charge in [0.05, 0.1) is 39.8 Å². The van der Waals surface area contributed by atoms with Crippen LogP contribution in [0.2, 0.25) is 0 Å². The number of hydrogen-bond donors (Lipinski definition) is 0. The van der Waals surface area contributed by atoms with Crippen molar-refractivity contribution in [2.45, 2.75) is 0 Å². The lowest BCUT2D eigenvalue weighted by Crippen LogP contribution is -2.00. The molecule has 0 saturated heterocycles. The van der Waals surface area contributed by atoms with Gasteiger partial charge in [-0.3, -0.25) is 0 Å². The van der Waals surface area contributed by atoms with Crippen LogP contribution in [0, 0.1) is 0 Å². The standard InChI is InChI=1S/C47H30N4/c1-4-12-31(13-5-1)40-30-48-51-46(37-16-8-3-9-17-37)43(38-18-10-11-19-39(38)47(40)51)34-22-20-33(21-23-34)42-29-27-36-25-24-35-26-28-41(32-14-6-2-7-15-32)49-44(35)45(36)50-42/h1-30H. The van der Waals surface area contributed by atoms with Crippen LogP contribution >= 0.6 is 0 Å². The summed E-state index contributed by atoms with van der Waals surface area (Å²) in [5.41, 5.74) is 13.6. The van der Waals surface area contributed by atoms with Gasteiger partial charge in [-0.05, 0) is 28.6 Å². The van der Waals surface area contributed by atoms with Gasteiger partial charge in [-0.25, -0.2) is 14.5 Å². The number of hydrogen-bond acceptors (Lipinski definition) is 3. The van der Waals surface area contributed by atoms with Crippen LogP contribution in [0.5, 0.6) is 0 Å². The molecular formula is C47H30N4. The molecule has 0 bridgehead atoms. The van der Waals surface area contributed by atoms with Crippen molar-refractivity contribution in [1.82, 2.24) is 19.6 Å². The number of aromatic nitrogens is 4. The van der Waals surface area contributed by atoms with Gasteiger partial charge in [0, 0.05) is 44.0 Å². The van der Waals surface area contributed by atoms with E-state index < -0.39 is 0 Å². The first-order chi connectivity index (χ1) is 25.3. The van der Waals surface area contributed by atoms with E-state index in [2.05, 4.69) is 162 Å². The summed E-state index contributed by atoms with van der Waals surface area (Å²) in [7, 11) is 0. The Morgan fingerprint density at radius 1 is 0.373 bits per heavy atom. The lowest BCUT2D eigenvalue weighted by Gasteiger charge is -2.18. The SMILES string of the molecule is c1ccc(-c2ccc3ccc4ccc(-c5ccc(-c6c(-c7ccccc7)n7ncc(-c8ccccc8)c7c7ccccc67)cc5)nc4c3n2)cc1. The van der Waals surface area contributed by atoms with Crippen molar-refractivity contribution in [3.05, 3.63) is 182 Å². The second-order valence-corrected chi connectivity index (χ2v) is 12.9. The number of pyridine rings is 3. The Morgan fingerprint density at radius 3 is 1.45 bits per heavy atom. The monoisotopic (exact) mass is 650 g/mol. The average molecular weight is 651 g/mol. The highest BCUT2D eigenvalue weighted by Gasteiger charge is 2.21. The van der Waals surface area contributed by atoms with Gasteiger partial charge in [-0.2, -0.15) is 5.10 Å². The van der Waals surface area contributed by atoms with E-state index >= 15 is 0 Å². The van der Waals surface area contributed by atoms with Crippen LogP contribution in [-0.4, -0.2) is 19.6 Å². The van der Waals surface area contributed by atoms with Crippen LogP contribution < -0.4 is 0 Å². The Labute approximate surface area is 295 Å². The van der Waals surface area contributed by atoms with E-state index in [1.807, 2.05) is 24.4 Å². The quantitative estimate of drug-likeness (QED) is 0.174. The van der Waals surface area contributed by atoms with E-state index in [1.54, 1.807) is 0 Å². The second-order valence-electron chi connectivity index (χ2n) is 12.9. The number of fused-ring (bicyclic) bond motifs is 6. The Bertz CT molecular complexity index is 2880. The maximum Gasteiger partial charge on any atom is 0.0972 e. The summed E-state index contributed by atoms with van der Waals surface area (Å²) < 4.78 is 2.13. The van der Waals surface area contributed by atoms with Gasteiger partial charge in [0.15, 0.2) is 0 Å². The Balaban J connectivity index is 1.14. The molecule has 0 atom stereocenters. The summed E-state index contributed by atoms with van der Waals surface area (Å²) in [6.07, 6.45) is 2.00. The third-order valence-electron chi connectivity index (χ3n) is 9.86. The summed E-state index contributed by atoms with van der Waals surface area (Å²) in [4.78, 5) is 10.3. The molecule has 0 aliphatic heterocycles. The van der Waals surface area contributed by atoms with Gasteiger partial charge in [0.25, 0.3) is 0 Å². The highest BCUT2D eigenvalue weighted by molar-refractivity contribution is 6.13. The first-order valence-electron chi connectivity index (χ1n) is 17.2. The molecule has 0 unspecified atom stereocenters. The molecule has 0 spiro atoms. The predicted octanol–water partition coefficient (Wildman–Crippen LogP) is 11.9. The molecule has 0 radical (unpaired) electrons. The van der Waals surface area contributed by atoms with Crippen LogP contribution in [0.25, 0.3) is 94.1 Å². The van der Waals surface area contributed by atoms with Crippen LogP contribution in [0.15, 0.2) is 182 Å². The summed E-state index contributed by atoms with van der Waals surface area (Å²) in [5.74, 6) is 0. The molecule has 10 rings (SSSR count). The smallest absolute Gasteiger partial charge is 0.0972 e. The van der Waals surface area contributed by atoms with Crippen molar-refractivity contribution in [2.75, 3.05) is 0 Å². The summed E-state index contributed by atoms with van der Waals surface area (Å²) in [6.45, 7) is 0. The van der Waals surface area contributed by atoms with Crippen molar-refractivity contribution in [3.8, 4) is 56.0 Å². The highest BCUT2D eigenvalue weighted by atomic mass is 15.2. The van der Waals surface area contributed by atoms with E-state index in [0.29, 0.717) is 0 Å². The molecule has 4 aromatic heterocycles. The summed E-state index contributed by atoms with van der Waals surface area (Å²) in [6, 6.07) is 61.7. The van der Waals surface area contributed by atoms with Crippen LogP contribution in [0.1, 0.15) is 0 Å². The lowest BCUT2D eigenvalue weighted by molar-refractivity contribution is 0.976. The molecule has 51 heavy (non-hydrogen) atoms. The molecule has 0 aliphatic carbocycles. The van der Waals surface area contributed by atoms with Gasteiger partial charge in [-0.1, -0.05) is 164 Å². The third kappa shape index (κ3) is 4.88. The summed E-state index contributed by atoms with van der Waals surface area (Å²) >= 11 is 0. The Hall–Kier alpha value is -6.91. The molecule has 4 heteroatoms. The molecular weight excluding hydrogens is 621 g/mol. The zero-order valence-corrected chi connectivity index (χ0v) is 27.6. The fourth-order valence-corrected chi connectivity index (χ4v) is 7.41. The van der Waals surface area contributed by atoms with Crippen molar-refractivity contribution >= 4 is 38.1 Å². The van der Waals surface area contributed by atoms with E-state index in [0.717, 1.165) is 88.7 Å². The topological polar surface area (TPSA) is 43.1 Å². The summed E-state index contributed by atoms with van der Waals surface area (Å²) in [5, 5.41) is 9.55. The first-order valence-corrected chi connectivity index (χ1v) is 17.2. The fourth-order valence-electron chi connectivity index (χ4n) is 7.41. The molecule has 10 aromatic rings. The first kappa shape index (κ1) is 29.0. The van der Waals surface area contributed by atoms with Gasteiger partial charge in [0.2, 0.25) is 0 Å². The second kappa shape index (κ2) is 11.9. The van der Waals surface area contributed by atoms with Gasteiger partial charge in [0.1, 0.15) is 0 Å². The van der Waals surface area contributed by atoms with Gasteiger partial charge < -0.3 is 0 Å². The van der Waals surface area contributed by atoms with E-state index in [1.165, 1.54) is 5.39 Å². The lowest BCUT2D eigenvalue weighted by atomic mass is 9.91. The average Bonchev–Trinajstić information content (AvgIpc) is 3.66. The van der Waals surface area contributed by atoms with Gasteiger partial charge in [-0.15, -0.1) is 0 Å². The molecule has 6 aromatic carbocycles. The number of nitrogens with zero attached hydrogens (tertiary/aromatic N) is 4. The maximum atomic E-state index is 5.22. The Kier molecular flexibility index (Phi) is 6.78. The van der Waals surface area contributed by atoms with Crippen LogP contribution in [0.4, 0.5) is 0 Å². The fraction of sp³-hybridized carbons (Fsp3) is 0. The maximum absolute atomic E-state index is 5.22. The normalized spacial score (nSPS) is 11.5. The third-order valence-corrected chi connectivity index (χ3v) is 9.86. The molecule has 0 saturated carbocycles. The molecule has 238 valence electrons. The minimum atomic E-state index is 0.905. The number of rotatable bonds is 5. The van der Waals surface area contributed by atoms with Gasteiger partial charge >= 0.3 is 0 Å². The van der Waals surface area contributed by atoms with Crippen molar-refractivity contribution in [1.29, 1.82) is 0 Å². The predicted molar refractivity (Wildman–Crippen MR) is 210 cm³/mol. The van der Waals surface area contributed by atoms with E-state index in [-0.39, 0.29) is 0 Å². The molecule has 0 N–H and O–H groups in total. The zero-order chi connectivity index (χ0) is 33.7. The largest absolute Gasteiger partial charge is 0.245 e. The van der Waals surface area contributed by atoms with Crippen LogP contribution in [-0.2, 0) is 0 Å². The molecule has 0 fully saturated rings. The molecule has 0 aliphatic rings. The molecule has 0 amide bonds. The minimum absolute atomic E-state index is 0.905. The highest BCUT2D eigenvalue weighted by Crippen LogP contribution is 2.43. The van der Waals surface area contributed by atoms with E-state index in [9.17, 15) is 0 Å². The van der Waals surface area contributed by atoms with Crippen molar-refractivity contribution < 1.29 is 0 Å². The molecule has 4 heterocycles. The molecule has 4 nitrogen and oxygen atoms in total. The number of benzene rings is 6. The van der Waals surface area contributed by atoms with Crippen LogP contribution in [0.3, 0.4) is 0 Å². The van der Waals surface area contributed by atoms with Crippen molar-refractivity contribution in [2.24, 2.45) is 0 Å².